The van der Waals surface area contributed by atoms with Crippen LogP contribution in [0.5, 0.6) is 0 Å². The first-order valence-electron chi connectivity index (χ1n) is 3.64. The Morgan fingerprint density at radius 1 is 1.46 bits per heavy atom. The molecule has 0 aliphatic heterocycles. The lowest BCUT2D eigenvalue weighted by Gasteiger charge is -1.95. The van der Waals surface area contributed by atoms with E-state index in [2.05, 4.69) is 63.0 Å². The molecule has 0 saturated heterocycles. The highest BCUT2D eigenvalue weighted by Crippen LogP contribution is 2.37. The summed E-state index contributed by atoms with van der Waals surface area (Å²) in [6.07, 6.45) is 2.11. The van der Waals surface area contributed by atoms with E-state index >= 15 is 0 Å². The Bertz CT molecular complexity index is 450. The Hall–Kier alpha value is 0.740. The largest absolute Gasteiger partial charge is 0.130 e. The summed E-state index contributed by atoms with van der Waals surface area (Å²) < 4.78 is 3.93. The molecule has 1 aromatic carbocycles. The van der Waals surface area contributed by atoms with E-state index in [-0.39, 0.29) is 0 Å². The van der Waals surface area contributed by atoms with Crippen LogP contribution in [0.3, 0.4) is 0 Å². The Kier molecular flexibility index (Phi) is 3.22. The Morgan fingerprint density at radius 3 is 2.92 bits per heavy atom. The van der Waals surface area contributed by atoms with Gasteiger partial charge in [-0.1, -0.05) is 6.07 Å². The fourth-order valence-corrected chi connectivity index (χ4v) is 4.24. The normalized spacial score (nSPS) is 11.0. The third kappa shape index (κ3) is 1.91. The number of thioether (sulfide) groups is 1. The number of halogens is 2. The molecule has 0 atom stereocenters. The van der Waals surface area contributed by atoms with Gasteiger partial charge in [0, 0.05) is 18.6 Å². The van der Waals surface area contributed by atoms with Gasteiger partial charge in [0.1, 0.15) is 0 Å². The molecule has 0 amide bonds. The predicted octanol–water partition coefficient (Wildman–Crippen LogP) is 4.99. The zero-order valence-electron chi connectivity index (χ0n) is 6.80. The smallest absolute Gasteiger partial charge is 0.0844 e. The van der Waals surface area contributed by atoms with Crippen molar-refractivity contribution in [3.05, 3.63) is 25.6 Å². The predicted molar refractivity (Wildman–Crippen MR) is 74.0 cm³/mol. The van der Waals surface area contributed by atoms with Gasteiger partial charge in [0.15, 0.2) is 0 Å². The van der Waals surface area contributed by atoms with Crippen LogP contribution in [-0.4, -0.2) is 6.26 Å². The molecule has 0 aliphatic carbocycles. The molecular weight excluding hydrogens is 379 g/mol. The molecule has 13 heavy (non-hydrogen) atoms. The first kappa shape index (κ1) is 10.3. The second-order valence-electron chi connectivity index (χ2n) is 2.55. The topological polar surface area (TPSA) is 0 Å². The Balaban J connectivity index is 2.73. The lowest BCUT2D eigenvalue weighted by atomic mass is 10.3. The lowest BCUT2D eigenvalue weighted by molar-refractivity contribution is 1.53. The molecule has 0 bridgehead atoms. The molecule has 1 heterocycles. The highest BCUT2D eigenvalue weighted by molar-refractivity contribution is 14.1. The maximum atomic E-state index is 3.56. The summed E-state index contributed by atoms with van der Waals surface area (Å²) in [5, 5.41) is 1.36. The van der Waals surface area contributed by atoms with Crippen molar-refractivity contribution in [1.29, 1.82) is 0 Å². The van der Waals surface area contributed by atoms with Crippen molar-refractivity contribution in [2.45, 2.75) is 4.90 Å². The molecule has 68 valence electrons. The standard InChI is InChI=1S/C9H6BrIS2/c1-12-5-2-3-6-7(4-5)13-9(10)8(6)11/h2-4H,1H3. The average molecular weight is 385 g/mol. The zero-order valence-corrected chi connectivity index (χ0v) is 12.2. The SMILES string of the molecule is CSc1ccc2c(I)c(Br)sc2c1. The molecule has 0 spiro atoms. The van der Waals surface area contributed by atoms with E-state index in [0.29, 0.717) is 0 Å². The minimum absolute atomic E-state index is 1.24. The van der Waals surface area contributed by atoms with Crippen molar-refractivity contribution in [1.82, 2.24) is 0 Å². The number of fused-ring (bicyclic) bond motifs is 1. The van der Waals surface area contributed by atoms with Crippen LogP contribution in [0.1, 0.15) is 0 Å². The number of benzene rings is 1. The third-order valence-electron chi connectivity index (χ3n) is 1.80. The molecule has 0 saturated carbocycles. The van der Waals surface area contributed by atoms with Crippen LogP contribution in [-0.2, 0) is 0 Å². The number of hydrogen-bond acceptors (Lipinski definition) is 2. The van der Waals surface area contributed by atoms with E-state index in [0.717, 1.165) is 0 Å². The lowest BCUT2D eigenvalue weighted by Crippen LogP contribution is -1.70. The van der Waals surface area contributed by atoms with Crippen LogP contribution in [0.25, 0.3) is 10.1 Å². The first-order chi connectivity index (χ1) is 6.22. The van der Waals surface area contributed by atoms with Crippen molar-refractivity contribution in [2.24, 2.45) is 0 Å². The highest BCUT2D eigenvalue weighted by Gasteiger charge is 2.07. The van der Waals surface area contributed by atoms with Gasteiger partial charge in [-0.15, -0.1) is 23.1 Å². The summed E-state index contributed by atoms with van der Waals surface area (Å²) in [7, 11) is 0. The Labute approximate surface area is 107 Å². The molecular formula is C9H6BrIS2. The summed E-state index contributed by atoms with van der Waals surface area (Å²) >= 11 is 9.53. The molecule has 0 fully saturated rings. The molecule has 4 heteroatoms. The fourth-order valence-electron chi connectivity index (χ4n) is 1.14. The van der Waals surface area contributed by atoms with Crippen molar-refractivity contribution >= 4 is 71.7 Å². The Morgan fingerprint density at radius 2 is 2.23 bits per heavy atom. The van der Waals surface area contributed by atoms with Crippen molar-refractivity contribution in [2.75, 3.05) is 6.26 Å². The van der Waals surface area contributed by atoms with Crippen molar-refractivity contribution < 1.29 is 0 Å². The van der Waals surface area contributed by atoms with Crippen LogP contribution in [0.15, 0.2) is 26.9 Å². The van der Waals surface area contributed by atoms with Gasteiger partial charge in [0.25, 0.3) is 0 Å². The van der Waals surface area contributed by atoms with Gasteiger partial charge in [0.2, 0.25) is 0 Å². The fraction of sp³-hybridized carbons (Fsp3) is 0.111. The van der Waals surface area contributed by atoms with E-state index < -0.39 is 0 Å². The summed E-state index contributed by atoms with van der Waals surface area (Å²) in [5.74, 6) is 0. The minimum Gasteiger partial charge on any atom is -0.130 e. The van der Waals surface area contributed by atoms with E-state index in [1.54, 1.807) is 23.1 Å². The van der Waals surface area contributed by atoms with E-state index in [4.69, 9.17) is 0 Å². The van der Waals surface area contributed by atoms with Gasteiger partial charge >= 0.3 is 0 Å². The number of thiophene rings is 1. The van der Waals surface area contributed by atoms with Crippen LogP contribution >= 0.6 is 61.6 Å². The maximum absolute atomic E-state index is 3.56. The minimum atomic E-state index is 1.24. The molecule has 0 nitrogen and oxygen atoms in total. The summed E-state index contributed by atoms with van der Waals surface area (Å²) in [6, 6.07) is 6.62. The van der Waals surface area contributed by atoms with Crippen LogP contribution in [0.2, 0.25) is 0 Å². The monoisotopic (exact) mass is 384 g/mol. The van der Waals surface area contributed by atoms with Crippen LogP contribution < -0.4 is 0 Å². The second kappa shape index (κ2) is 4.08. The molecule has 2 rings (SSSR count). The summed E-state index contributed by atoms with van der Waals surface area (Å²) in [6.45, 7) is 0. The van der Waals surface area contributed by atoms with E-state index in [1.807, 2.05) is 0 Å². The second-order valence-corrected chi connectivity index (χ2v) is 6.88. The maximum Gasteiger partial charge on any atom is 0.0844 e. The molecule has 0 aliphatic rings. The number of rotatable bonds is 1. The van der Waals surface area contributed by atoms with Gasteiger partial charge < -0.3 is 0 Å². The van der Waals surface area contributed by atoms with Gasteiger partial charge in [-0.05, 0) is 56.9 Å². The average Bonchev–Trinajstić information content (AvgIpc) is 2.42. The number of hydrogen-bond donors (Lipinski definition) is 0. The molecule has 2 aromatic rings. The molecule has 0 unspecified atom stereocenters. The van der Waals surface area contributed by atoms with Crippen LogP contribution in [0, 0.1) is 3.57 Å². The molecule has 1 aromatic heterocycles. The van der Waals surface area contributed by atoms with Crippen LogP contribution in [0.4, 0.5) is 0 Å². The third-order valence-corrected chi connectivity index (χ3v) is 6.57. The molecule has 0 N–H and O–H groups in total. The van der Waals surface area contributed by atoms with E-state index in [9.17, 15) is 0 Å². The van der Waals surface area contributed by atoms with Crippen molar-refractivity contribution in [3.8, 4) is 0 Å². The summed E-state index contributed by atoms with van der Waals surface area (Å²) in [4.78, 5) is 1.33. The van der Waals surface area contributed by atoms with E-state index in [1.165, 1.54) is 22.3 Å². The first-order valence-corrected chi connectivity index (χ1v) is 7.55. The quantitative estimate of drug-likeness (QED) is 0.493. The highest BCUT2D eigenvalue weighted by atomic mass is 127. The summed E-state index contributed by atoms with van der Waals surface area (Å²) in [5.41, 5.74) is 0. The van der Waals surface area contributed by atoms with Gasteiger partial charge in [-0.3, -0.25) is 0 Å². The van der Waals surface area contributed by atoms with Crippen molar-refractivity contribution in [3.63, 3.8) is 0 Å². The van der Waals surface area contributed by atoms with Gasteiger partial charge in [-0.2, -0.15) is 0 Å². The van der Waals surface area contributed by atoms with Gasteiger partial charge in [0.05, 0.1) is 3.79 Å². The zero-order chi connectivity index (χ0) is 9.42. The molecule has 0 radical (unpaired) electrons. The van der Waals surface area contributed by atoms with Gasteiger partial charge in [-0.25, -0.2) is 0 Å².